The summed E-state index contributed by atoms with van der Waals surface area (Å²) < 4.78 is 1.62. The maximum absolute atomic E-state index is 6.03. The Hall–Kier alpha value is -1.56. The molecule has 0 aliphatic rings. The van der Waals surface area contributed by atoms with Crippen molar-refractivity contribution in [1.29, 1.82) is 0 Å². The number of thioether (sulfide) groups is 1. The molecule has 2 heterocycles. The third-order valence-corrected chi connectivity index (χ3v) is 3.47. The van der Waals surface area contributed by atoms with Crippen molar-refractivity contribution in [2.45, 2.75) is 25.2 Å². The molecule has 5 nitrogen and oxygen atoms in total. The van der Waals surface area contributed by atoms with Crippen molar-refractivity contribution in [3.05, 3.63) is 24.0 Å². The molecule has 2 N–H and O–H groups in total. The van der Waals surface area contributed by atoms with Crippen LogP contribution in [0.2, 0.25) is 0 Å². The highest BCUT2D eigenvalue weighted by Gasteiger charge is 2.10. The van der Waals surface area contributed by atoms with Gasteiger partial charge in [-0.1, -0.05) is 6.92 Å². The molecular weight excluding hydrogens is 234 g/mol. The van der Waals surface area contributed by atoms with E-state index in [1.807, 2.05) is 19.1 Å². The zero-order valence-corrected chi connectivity index (χ0v) is 10.7. The number of nitrogens with two attached hydrogens (primary N) is 1. The molecule has 0 aliphatic carbocycles. The molecule has 2 rings (SSSR count). The van der Waals surface area contributed by atoms with E-state index in [1.54, 1.807) is 22.6 Å². The fourth-order valence-corrected chi connectivity index (χ4v) is 2.13. The molecule has 0 amide bonds. The minimum absolute atomic E-state index is 0.626. The Morgan fingerprint density at radius 2 is 2.18 bits per heavy atom. The van der Waals surface area contributed by atoms with Crippen molar-refractivity contribution >= 4 is 17.6 Å². The van der Waals surface area contributed by atoms with Gasteiger partial charge in [0.2, 0.25) is 0 Å². The lowest BCUT2D eigenvalue weighted by Crippen LogP contribution is -2.05. The van der Waals surface area contributed by atoms with Crippen LogP contribution in [0.15, 0.2) is 23.2 Å². The number of hydrogen-bond acceptors (Lipinski definition) is 5. The van der Waals surface area contributed by atoms with Crippen molar-refractivity contribution in [3.63, 3.8) is 0 Å². The van der Waals surface area contributed by atoms with E-state index in [-0.39, 0.29) is 0 Å². The van der Waals surface area contributed by atoms with E-state index in [0.29, 0.717) is 11.6 Å². The first-order chi connectivity index (χ1) is 8.22. The van der Waals surface area contributed by atoms with Gasteiger partial charge in [-0.15, -0.1) is 16.9 Å². The van der Waals surface area contributed by atoms with Crippen LogP contribution in [0.5, 0.6) is 0 Å². The normalized spacial score (nSPS) is 10.7. The minimum atomic E-state index is 0.626. The number of aryl methyl sites for hydroxylation is 1. The molecule has 0 spiro atoms. The highest BCUT2D eigenvalue weighted by atomic mass is 32.2. The molecular formula is C11H15N5S. The van der Waals surface area contributed by atoms with Gasteiger partial charge in [0.1, 0.15) is 5.82 Å². The Morgan fingerprint density at radius 3 is 2.82 bits per heavy atom. The Morgan fingerprint density at radius 1 is 1.35 bits per heavy atom. The van der Waals surface area contributed by atoms with Gasteiger partial charge >= 0.3 is 0 Å². The predicted octanol–water partition coefficient (Wildman–Crippen LogP) is 2.06. The lowest BCUT2D eigenvalue weighted by molar-refractivity contribution is 0.814. The largest absolute Gasteiger partial charge is 0.383 e. The number of anilines is 1. The van der Waals surface area contributed by atoms with Crippen LogP contribution in [0, 0.1) is 6.92 Å². The smallest absolute Gasteiger partial charge is 0.178 e. The van der Waals surface area contributed by atoms with Gasteiger partial charge in [-0.2, -0.15) is 14.9 Å². The second-order valence-electron chi connectivity index (χ2n) is 3.69. The first-order valence-electron chi connectivity index (χ1n) is 5.49. The first-order valence-corrected chi connectivity index (χ1v) is 6.48. The van der Waals surface area contributed by atoms with Gasteiger partial charge in [0.15, 0.2) is 5.82 Å². The maximum Gasteiger partial charge on any atom is 0.178 e. The van der Waals surface area contributed by atoms with Gasteiger partial charge in [-0.3, -0.25) is 0 Å². The van der Waals surface area contributed by atoms with Crippen LogP contribution in [-0.4, -0.2) is 25.7 Å². The number of rotatable bonds is 4. The molecule has 0 saturated heterocycles. The van der Waals surface area contributed by atoms with Crippen LogP contribution in [0.25, 0.3) is 5.82 Å². The van der Waals surface area contributed by atoms with Crippen LogP contribution in [0.3, 0.4) is 0 Å². The number of nitrogens with zero attached hydrogens (tertiary/aromatic N) is 4. The molecule has 0 aliphatic heterocycles. The summed E-state index contributed by atoms with van der Waals surface area (Å²) in [7, 11) is 0. The highest BCUT2D eigenvalue weighted by molar-refractivity contribution is 7.99. The lowest BCUT2D eigenvalue weighted by atomic mass is 10.4. The van der Waals surface area contributed by atoms with Gasteiger partial charge in [-0.05, 0) is 31.2 Å². The third kappa shape index (κ3) is 2.58. The standard InChI is InChI=1S/C11H15N5S/c1-3-6-17-9-7-13-16(11(9)12)10-5-4-8(2)14-15-10/h4-5,7H,3,6,12H2,1-2H3. The van der Waals surface area contributed by atoms with E-state index in [1.165, 1.54) is 0 Å². The molecule has 0 atom stereocenters. The molecule has 2 aromatic rings. The molecule has 17 heavy (non-hydrogen) atoms. The Kier molecular flexibility index (Phi) is 3.63. The average molecular weight is 249 g/mol. The topological polar surface area (TPSA) is 69.6 Å². The molecule has 0 unspecified atom stereocenters. The Labute approximate surface area is 104 Å². The molecule has 6 heteroatoms. The van der Waals surface area contributed by atoms with Gasteiger partial charge in [0.25, 0.3) is 0 Å². The quantitative estimate of drug-likeness (QED) is 0.840. The monoisotopic (exact) mass is 249 g/mol. The zero-order valence-electron chi connectivity index (χ0n) is 9.92. The van der Waals surface area contributed by atoms with Gasteiger partial charge in [0, 0.05) is 0 Å². The van der Waals surface area contributed by atoms with Crippen LogP contribution >= 0.6 is 11.8 Å². The Bertz CT molecular complexity index is 491. The molecule has 0 saturated carbocycles. The predicted molar refractivity (Wildman–Crippen MR) is 69.3 cm³/mol. The van der Waals surface area contributed by atoms with Crippen molar-refractivity contribution in [1.82, 2.24) is 20.0 Å². The fourth-order valence-electron chi connectivity index (χ4n) is 1.35. The first kappa shape index (κ1) is 11.9. The summed E-state index contributed by atoms with van der Waals surface area (Å²) in [4.78, 5) is 0.995. The zero-order chi connectivity index (χ0) is 12.3. The van der Waals surface area contributed by atoms with Crippen molar-refractivity contribution in [2.24, 2.45) is 0 Å². The Balaban J connectivity index is 2.27. The number of aromatic nitrogens is 4. The van der Waals surface area contributed by atoms with Crippen molar-refractivity contribution in [3.8, 4) is 5.82 Å². The summed E-state index contributed by atoms with van der Waals surface area (Å²) in [6.45, 7) is 4.03. The van der Waals surface area contributed by atoms with E-state index in [0.717, 1.165) is 22.8 Å². The molecule has 0 radical (unpaired) electrons. The van der Waals surface area contributed by atoms with Gasteiger partial charge in [-0.25, -0.2) is 0 Å². The number of hydrogen-bond donors (Lipinski definition) is 1. The summed E-state index contributed by atoms with van der Waals surface area (Å²) >= 11 is 1.71. The van der Waals surface area contributed by atoms with E-state index in [4.69, 9.17) is 5.73 Å². The minimum Gasteiger partial charge on any atom is -0.383 e. The second kappa shape index (κ2) is 5.18. The SMILES string of the molecule is CCCSc1cnn(-c2ccc(C)nn2)c1N. The van der Waals surface area contributed by atoms with Crippen LogP contribution in [0.1, 0.15) is 19.0 Å². The van der Waals surface area contributed by atoms with Crippen molar-refractivity contribution < 1.29 is 0 Å². The molecule has 0 fully saturated rings. The van der Waals surface area contributed by atoms with Gasteiger partial charge in [0.05, 0.1) is 16.8 Å². The van der Waals surface area contributed by atoms with Crippen LogP contribution in [-0.2, 0) is 0 Å². The fraction of sp³-hybridized carbons (Fsp3) is 0.364. The van der Waals surface area contributed by atoms with Crippen LogP contribution < -0.4 is 5.73 Å². The number of nitrogen functional groups attached to an aromatic ring is 1. The van der Waals surface area contributed by atoms with E-state index in [9.17, 15) is 0 Å². The third-order valence-electron chi connectivity index (χ3n) is 2.23. The van der Waals surface area contributed by atoms with E-state index in [2.05, 4.69) is 22.2 Å². The summed E-state index contributed by atoms with van der Waals surface area (Å²) in [6, 6.07) is 3.75. The molecule has 90 valence electrons. The van der Waals surface area contributed by atoms with Crippen LogP contribution in [0.4, 0.5) is 5.82 Å². The highest BCUT2D eigenvalue weighted by Crippen LogP contribution is 2.26. The maximum atomic E-state index is 6.03. The van der Waals surface area contributed by atoms with E-state index < -0.39 is 0 Å². The van der Waals surface area contributed by atoms with E-state index >= 15 is 0 Å². The van der Waals surface area contributed by atoms with Gasteiger partial charge < -0.3 is 5.73 Å². The average Bonchev–Trinajstić information content (AvgIpc) is 2.69. The molecule has 2 aromatic heterocycles. The van der Waals surface area contributed by atoms with Crippen molar-refractivity contribution in [2.75, 3.05) is 11.5 Å². The summed E-state index contributed by atoms with van der Waals surface area (Å²) in [6.07, 6.45) is 2.89. The lowest BCUT2D eigenvalue weighted by Gasteiger charge is -2.03. The second-order valence-corrected chi connectivity index (χ2v) is 4.82. The molecule has 0 bridgehead atoms. The summed E-state index contributed by atoms with van der Waals surface area (Å²) in [5.41, 5.74) is 6.90. The summed E-state index contributed by atoms with van der Waals surface area (Å²) in [5, 5.41) is 12.3. The molecule has 0 aromatic carbocycles. The summed E-state index contributed by atoms with van der Waals surface area (Å²) in [5.74, 6) is 2.31.